The number of rotatable bonds is 0. The Morgan fingerprint density at radius 1 is 0.643 bits per heavy atom. The predicted molar refractivity (Wildman–Crippen MR) is 97.2 cm³/mol. The number of nitriles is 2. The molecule has 0 bridgehead atoms. The first-order valence-electron chi connectivity index (χ1n) is 7.77. The van der Waals surface area contributed by atoms with Crippen LogP contribution in [0.5, 0.6) is 0 Å². The van der Waals surface area contributed by atoms with E-state index in [9.17, 15) is 10.5 Å². The average Bonchev–Trinajstić information content (AvgIpc) is 2.73. The number of aromatic nitrogens is 6. The second-order valence-electron chi connectivity index (χ2n) is 5.73. The van der Waals surface area contributed by atoms with Crippen LogP contribution in [-0.2, 0) is 0 Å². The van der Waals surface area contributed by atoms with Gasteiger partial charge in [0.15, 0.2) is 12.1 Å². The Balaban J connectivity index is 2.49. The van der Waals surface area contributed by atoms with Crippen molar-refractivity contribution in [3.63, 3.8) is 0 Å². The van der Waals surface area contributed by atoms with Gasteiger partial charge in [-0.1, -0.05) is 23.1 Å². The molecule has 0 radical (unpaired) electrons. The third-order valence-corrected chi connectivity index (χ3v) is 4.20. The first kappa shape index (κ1) is 16.7. The second-order valence-corrected chi connectivity index (χ2v) is 5.73. The summed E-state index contributed by atoms with van der Waals surface area (Å²) >= 11 is 0. The van der Waals surface area contributed by atoms with Crippen molar-refractivity contribution in [2.45, 2.75) is 13.8 Å². The van der Waals surface area contributed by atoms with Crippen LogP contribution in [0.4, 0.5) is 11.6 Å². The molecule has 0 aliphatic rings. The lowest BCUT2D eigenvalue weighted by Gasteiger charge is -2.11. The van der Waals surface area contributed by atoms with E-state index < -0.39 is 0 Å². The Labute approximate surface area is 157 Å². The topological polar surface area (TPSA) is 134 Å². The fraction of sp³-hybridized carbons (Fsp3) is 0.111. The molecule has 0 atom stereocenters. The molecular formula is C18H6N10. The molecule has 28 heavy (non-hydrogen) atoms. The van der Waals surface area contributed by atoms with Gasteiger partial charge < -0.3 is 9.69 Å². The van der Waals surface area contributed by atoms with Crippen LogP contribution in [0.3, 0.4) is 0 Å². The second kappa shape index (κ2) is 5.88. The molecule has 0 saturated carbocycles. The van der Waals surface area contributed by atoms with Gasteiger partial charge >= 0.3 is 11.6 Å². The molecule has 0 spiro atoms. The van der Waals surface area contributed by atoms with Crippen molar-refractivity contribution >= 4 is 44.5 Å². The quantitative estimate of drug-likeness (QED) is 0.344. The fourth-order valence-electron chi connectivity index (χ4n) is 2.89. The van der Waals surface area contributed by atoms with Crippen molar-refractivity contribution in [2.24, 2.45) is 0 Å². The van der Waals surface area contributed by atoms with Crippen molar-refractivity contribution in [2.75, 3.05) is 0 Å². The summed E-state index contributed by atoms with van der Waals surface area (Å²) in [5.74, 6) is -0.602. The van der Waals surface area contributed by atoms with Gasteiger partial charge in [0.05, 0.1) is 44.2 Å². The third kappa shape index (κ3) is 2.17. The molecule has 0 N–H and O–H groups in total. The van der Waals surface area contributed by atoms with Gasteiger partial charge in [-0.05, 0) is 13.8 Å². The minimum Gasteiger partial charge on any atom is -0.360 e. The van der Waals surface area contributed by atoms with Gasteiger partial charge in [0, 0.05) is 0 Å². The van der Waals surface area contributed by atoms with E-state index in [1.165, 1.54) is 0 Å². The van der Waals surface area contributed by atoms with E-state index in [1.807, 2.05) is 12.1 Å². The van der Waals surface area contributed by atoms with E-state index in [0.29, 0.717) is 22.4 Å². The molecule has 1 aromatic carbocycles. The molecule has 0 aliphatic heterocycles. The summed E-state index contributed by atoms with van der Waals surface area (Å²) in [7, 11) is 0. The largest absolute Gasteiger partial charge is 0.360 e. The van der Waals surface area contributed by atoms with Gasteiger partial charge in [0.25, 0.3) is 11.6 Å². The van der Waals surface area contributed by atoms with E-state index in [1.54, 1.807) is 13.8 Å². The molecule has 10 nitrogen and oxygen atoms in total. The fourth-order valence-corrected chi connectivity index (χ4v) is 2.89. The Bertz CT molecular complexity index is 1410. The van der Waals surface area contributed by atoms with Crippen molar-refractivity contribution in [3.05, 3.63) is 45.9 Å². The highest BCUT2D eigenvalue weighted by Crippen LogP contribution is 2.39. The molecule has 4 aromatic rings. The van der Waals surface area contributed by atoms with E-state index in [2.05, 4.69) is 39.6 Å². The van der Waals surface area contributed by atoms with Gasteiger partial charge in [0.2, 0.25) is 0 Å². The zero-order chi connectivity index (χ0) is 20.0. The van der Waals surface area contributed by atoms with Crippen molar-refractivity contribution in [3.8, 4) is 12.1 Å². The van der Waals surface area contributed by atoms with Gasteiger partial charge in [0.1, 0.15) is 0 Å². The number of benzene rings is 1. The zero-order valence-corrected chi connectivity index (χ0v) is 14.5. The first-order valence-corrected chi connectivity index (χ1v) is 7.77. The summed E-state index contributed by atoms with van der Waals surface area (Å²) < 4.78 is 0. The number of aryl methyl sites for hydroxylation is 2. The first-order chi connectivity index (χ1) is 13.5. The normalized spacial score (nSPS) is 10.4. The summed E-state index contributed by atoms with van der Waals surface area (Å²) in [6.45, 7) is 18.5. The highest BCUT2D eigenvalue weighted by molar-refractivity contribution is 6.25. The molecular weight excluding hydrogens is 356 g/mol. The standard InChI is InChI=1S/C18H6N10/c1-7-8(2)24-14-12-16(26-10(6-20)28-18(12)22-4)15-11(13(14)23-7)17(21-3)27-9(5-19)25-15/h1-2H3. The lowest BCUT2D eigenvalue weighted by Crippen LogP contribution is -2.01. The van der Waals surface area contributed by atoms with E-state index in [-0.39, 0.29) is 45.1 Å². The van der Waals surface area contributed by atoms with E-state index in [4.69, 9.17) is 13.1 Å². The number of hydrogen-bond donors (Lipinski definition) is 0. The third-order valence-electron chi connectivity index (χ3n) is 4.20. The van der Waals surface area contributed by atoms with Gasteiger partial charge in [-0.15, -0.1) is 0 Å². The summed E-state index contributed by atoms with van der Waals surface area (Å²) in [6, 6.07) is 3.63. The maximum absolute atomic E-state index is 9.24. The lowest BCUT2D eigenvalue weighted by molar-refractivity contribution is 1.10. The molecule has 10 heteroatoms. The maximum Gasteiger partial charge on any atom is 0.326 e. The molecule has 0 saturated heterocycles. The summed E-state index contributed by atoms with van der Waals surface area (Å²) in [5.41, 5.74) is 2.21. The highest BCUT2D eigenvalue weighted by atomic mass is 15.0. The molecule has 3 aromatic heterocycles. The smallest absolute Gasteiger partial charge is 0.326 e. The van der Waals surface area contributed by atoms with Crippen LogP contribution in [0.1, 0.15) is 23.0 Å². The molecule has 128 valence electrons. The van der Waals surface area contributed by atoms with Gasteiger partial charge in [-0.3, -0.25) is 9.97 Å². The Kier molecular flexibility index (Phi) is 3.50. The van der Waals surface area contributed by atoms with Crippen LogP contribution >= 0.6 is 0 Å². The summed E-state index contributed by atoms with van der Waals surface area (Å²) in [5, 5.41) is 19.0. The van der Waals surface area contributed by atoms with Crippen molar-refractivity contribution < 1.29 is 0 Å². The lowest BCUT2D eigenvalue weighted by atomic mass is 10.1. The van der Waals surface area contributed by atoms with Gasteiger partial charge in [-0.2, -0.15) is 20.5 Å². The minimum absolute atomic E-state index is 0.0764. The number of nitrogens with zero attached hydrogens (tertiary/aromatic N) is 10. The van der Waals surface area contributed by atoms with E-state index in [0.717, 1.165) is 0 Å². The molecule has 0 amide bonds. The van der Waals surface area contributed by atoms with Crippen LogP contribution in [0.25, 0.3) is 42.5 Å². The minimum atomic E-state index is -0.225. The van der Waals surface area contributed by atoms with Crippen LogP contribution < -0.4 is 0 Å². The molecule has 0 unspecified atom stereocenters. The highest BCUT2D eigenvalue weighted by Gasteiger charge is 2.24. The summed E-state index contributed by atoms with van der Waals surface area (Å²) in [4.78, 5) is 32.2. The molecule has 4 rings (SSSR count). The number of fused-ring (bicyclic) bond motifs is 6. The van der Waals surface area contributed by atoms with Crippen LogP contribution in [0.2, 0.25) is 0 Å². The predicted octanol–water partition coefficient (Wildman–Crippen LogP) is 2.98. The van der Waals surface area contributed by atoms with Crippen LogP contribution in [-0.4, -0.2) is 29.9 Å². The van der Waals surface area contributed by atoms with Crippen molar-refractivity contribution in [1.29, 1.82) is 10.5 Å². The Hall–Kier alpha value is -4.80. The average molecular weight is 362 g/mol. The van der Waals surface area contributed by atoms with Crippen molar-refractivity contribution in [1.82, 2.24) is 29.9 Å². The van der Waals surface area contributed by atoms with Crippen LogP contribution in [0, 0.1) is 49.7 Å². The Morgan fingerprint density at radius 3 is 1.32 bits per heavy atom. The van der Waals surface area contributed by atoms with Crippen LogP contribution in [0.15, 0.2) is 0 Å². The Morgan fingerprint density at radius 2 is 1.00 bits per heavy atom. The van der Waals surface area contributed by atoms with Gasteiger partial charge in [-0.25, -0.2) is 0 Å². The van der Waals surface area contributed by atoms with E-state index >= 15 is 0 Å². The molecule has 0 aliphatic carbocycles. The monoisotopic (exact) mass is 362 g/mol. The maximum atomic E-state index is 9.24. The zero-order valence-electron chi connectivity index (χ0n) is 14.5. The molecule has 0 fully saturated rings. The summed E-state index contributed by atoms with van der Waals surface area (Å²) in [6.07, 6.45) is 0. The number of hydrogen-bond acceptors (Lipinski definition) is 8. The molecule has 3 heterocycles. The SMILES string of the molecule is [C-]#[N+]c1nc(C#N)nc2c3nc(C#N)nc([N+]#[C-])c3c3nc(C)c(C)nc3c12.